The molecule has 0 aliphatic rings. The van der Waals surface area contributed by atoms with E-state index in [1.54, 1.807) is 0 Å². The summed E-state index contributed by atoms with van der Waals surface area (Å²) >= 11 is 0. The van der Waals surface area contributed by atoms with Crippen molar-refractivity contribution in [2.24, 2.45) is 0 Å². The summed E-state index contributed by atoms with van der Waals surface area (Å²) in [7, 11) is 0. The fourth-order valence-corrected chi connectivity index (χ4v) is 2.09. The van der Waals surface area contributed by atoms with Gasteiger partial charge in [-0.3, -0.25) is 4.98 Å². The lowest BCUT2D eigenvalue weighted by Crippen LogP contribution is -2.32. The Labute approximate surface area is 112 Å². The molecule has 3 heteroatoms. The molecule has 0 saturated carbocycles. The molecule has 0 aromatic carbocycles. The van der Waals surface area contributed by atoms with Gasteiger partial charge in [0.15, 0.2) is 6.73 Å². The molecule has 1 aromatic rings. The van der Waals surface area contributed by atoms with Crippen LogP contribution in [0.15, 0.2) is 18.7 Å². The van der Waals surface area contributed by atoms with Crippen LogP contribution in [0.1, 0.15) is 64.7 Å². The Balaban J connectivity index is 1.73. The molecule has 0 saturated heterocycles. The van der Waals surface area contributed by atoms with Crippen LogP contribution in [0.25, 0.3) is 0 Å². The lowest BCUT2D eigenvalue weighted by molar-refractivity contribution is -0.731. The van der Waals surface area contributed by atoms with E-state index in [-0.39, 0.29) is 0 Å². The predicted octanol–water partition coefficient (Wildman–Crippen LogP) is 3.81. The smallest absolute Gasteiger partial charge is 0.243 e. The molecule has 0 unspecified atom stereocenters. The Morgan fingerprint density at radius 3 is 2.22 bits per heavy atom. The largest absolute Gasteiger partial charge is 0.342 e. The Morgan fingerprint density at radius 2 is 1.61 bits per heavy atom. The molecule has 1 heterocycles. The number of H-pyrrole nitrogens is 1. The number of unbranched alkanes of at least 4 members (excludes halogenated alkanes) is 8. The number of aromatic nitrogens is 2. The summed E-state index contributed by atoms with van der Waals surface area (Å²) in [5.74, 6) is 0. The van der Waals surface area contributed by atoms with Crippen molar-refractivity contribution in [2.75, 3.05) is 6.61 Å². The van der Waals surface area contributed by atoms with Gasteiger partial charge in [-0.2, -0.15) is 0 Å². The van der Waals surface area contributed by atoms with Crippen LogP contribution in [-0.2, 0) is 11.5 Å². The molecular formula is C15H29N2O+. The molecule has 1 aromatic heterocycles. The van der Waals surface area contributed by atoms with E-state index in [1.165, 1.54) is 57.8 Å². The summed E-state index contributed by atoms with van der Waals surface area (Å²) in [6, 6.07) is 0. The number of rotatable bonds is 12. The highest BCUT2D eigenvalue weighted by Crippen LogP contribution is 2.09. The lowest BCUT2D eigenvalue weighted by atomic mass is 10.1. The first-order chi connectivity index (χ1) is 8.93. The molecule has 0 aliphatic heterocycles. The van der Waals surface area contributed by atoms with Gasteiger partial charge in [0.2, 0.25) is 6.33 Å². The first-order valence-corrected chi connectivity index (χ1v) is 7.53. The second-order valence-electron chi connectivity index (χ2n) is 4.99. The Bertz CT molecular complexity index is 259. The quantitative estimate of drug-likeness (QED) is 0.445. The van der Waals surface area contributed by atoms with Crippen molar-refractivity contribution in [1.82, 2.24) is 4.98 Å². The number of ether oxygens (including phenoxy) is 1. The molecule has 0 amide bonds. The standard InChI is InChI=1S/C15H28N2O/c1-2-3-4-5-6-7-8-9-10-13-18-15-17-12-11-16-14-17/h11-12,14H,2-10,13,15H2,1H3/p+1. The molecule has 104 valence electrons. The molecule has 0 radical (unpaired) electrons. The summed E-state index contributed by atoms with van der Waals surface area (Å²) in [6.45, 7) is 3.82. The molecule has 18 heavy (non-hydrogen) atoms. The number of nitrogens with one attached hydrogen (secondary N) is 1. The van der Waals surface area contributed by atoms with Crippen molar-refractivity contribution < 1.29 is 9.30 Å². The van der Waals surface area contributed by atoms with Gasteiger partial charge < -0.3 is 4.74 Å². The third-order valence-electron chi connectivity index (χ3n) is 3.24. The first kappa shape index (κ1) is 15.2. The molecular weight excluding hydrogens is 224 g/mol. The second-order valence-corrected chi connectivity index (χ2v) is 4.99. The molecule has 0 aliphatic carbocycles. The topological polar surface area (TPSA) is 28.9 Å². The summed E-state index contributed by atoms with van der Waals surface area (Å²) in [6.07, 6.45) is 18.1. The second kappa shape index (κ2) is 11.3. The lowest BCUT2D eigenvalue weighted by Gasteiger charge is -2.02. The number of imidazole rings is 1. The average molecular weight is 253 g/mol. The van der Waals surface area contributed by atoms with Crippen molar-refractivity contribution in [3.63, 3.8) is 0 Å². The van der Waals surface area contributed by atoms with Crippen LogP contribution in [0.2, 0.25) is 0 Å². The minimum absolute atomic E-state index is 0.667. The van der Waals surface area contributed by atoms with Gasteiger partial charge in [-0.15, -0.1) is 0 Å². The van der Waals surface area contributed by atoms with Crippen LogP contribution >= 0.6 is 0 Å². The summed E-state index contributed by atoms with van der Waals surface area (Å²) < 4.78 is 7.59. The maximum Gasteiger partial charge on any atom is 0.243 e. The SMILES string of the molecule is CCCCCCCCCCCOC[n+]1cc[nH]c1. The zero-order chi connectivity index (χ0) is 12.9. The molecule has 0 spiro atoms. The van der Waals surface area contributed by atoms with E-state index in [1.807, 2.05) is 23.3 Å². The average Bonchev–Trinajstić information content (AvgIpc) is 2.89. The van der Waals surface area contributed by atoms with E-state index in [2.05, 4.69) is 11.9 Å². The van der Waals surface area contributed by atoms with Gasteiger partial charge in [0.25, 0.3) is 0 Å². The summed E-state index contributed by atoms with van der Waals surface area (Å²) in [5.41, 5.74) is 0. The van der Waals surface area contributed by atoms with E-state index in [9.17, 15) is 0 Å². The molecule has 1 N–H and O–H groups in total. The van der Waals surface area contributed by atoms with Crippen LogP contribution in [0.5, 0.6) is 0 Å². The molecule has 0 fully saturated rings. The highest BCUT2D eigenvalue weighted by atomic mass is 16.5. The maximum atomic E-state index is 5.58. The number of aromatic amines is 1. The van der Waals surface area contributed by atoms with E-state index >= 15 is 0 Å². The van der Waals surface area contributed by atoms with Crippen LogP contribution in [0.4, 0.5) is 0 Å². The number of hydrogen-bond donors (Lipinski definition) is 1. The monoisotopic (exact) mass is 253 g/mol. The third-order valence-corrected chi connectivity index (χ3v) is 3.24. The minimum atomic E-state index is 0.667. The van der Waals surface area contributed by atoms with Gasteiger partial charge >= 0.3 is 0 Å². The van der Waals surface area contributed by atoms with Crippen LogP contribution in [0, 0.1) is 0 Å². The van der Waals surface area contributed by atoms with Crippen molar-refractivity contribution >= 4 is 0 Å². The van der Waals surface area contributed by atoms with Gasteiger partial charge in [-0.05, 0) is 6.42 Å². The van der Waals surface area contributed by atoms with Crippen molar-refractivity contribution in [1.29, 1.82) is 0 Å². The highest BCUT2D eigenvalue weighted by Gasteiger charge is 1.96. The predicted molar refractivity (Wildman–Crippen MR) is 74.2 cm³/mol. The van der Waals surface area contributed by atoms with Gasteiger partial charge in [-0.1, -0.05) is 58.3 Å². The fourth-order valence-electron chi connectivity index (χ4n) is 2.09. The van der Waals surface area contributed by atoms with Gasteiger partial charge in [0.05, 0.1) is 6.61 Å². The fraction of sp³-hybridized carbons (Fsp3) is 0.800. The first-order valence-electron chi connectivity index (χ1n) is 7.53. The number of hydrogen-bond acceptors (Lipinski definition) is 1. The molecule has 1 rings (SSSR count). The maximum absolute atomic E-state index is 5.58. The normalized spacial score (nSPS) is 10.9. The van der Waals surface area contributed by atoms with E-state index < -0.39 is 0 Å². The van der Waals surface area contributed by atoms with Crippen LogP contribution in [0.3, 0.4) is 0 Å². The third kappa shape index (κ3) is 8.29. The summed E-state index contributed by atoms with van der Waals surface area (Å²) in [5, 5.41) is 0. The highest BCUT2D eigenvalue weighted by molar-refractivity contribution is 4.54. The zero-order valence-electron chi connectivity index (χ0n) is 11.9. The summed E-state index contributed by atoms with van der Waals surface area (Å²) in [4.78, 5) is 3.00. The molecule has 0 atom stereocenters. The number of nitrogens with zero attached hydrogens (tertiary/aromatic N) is 1. The van der Waals surface area contributed by atoms with Crippen molar-refractivity contribution in [2.45, 2.75) is 71.4 Å². The molecule has 3 nitrogen and oxygen atoms in total. The Hall–Kier alpha value is -0.830. The minimum Gasteiger partial charge on any atom is -0.342 e. The Kier molecular flexibility index (Phi) is 9.54. The van der Waals surface area contributed by atoms with Gasteiger partial charge in [0, 0.05) is 0 Å². The van der Waals surface area contributed by atoms with Gasteiger partial charge in [0.1, 0.15) is 12.4 Å². The Morgan fingerprint density at radius 1 is 0.944 bits per heavy atom. The van der Waals surface area contributed by atoms with Crippen LogP contribution in [-0.4, -0.2) is 11.6 Å². The molecule has 0 bridgehead atoms. The van der Waals surface area contributed by atoms with E-state index in [0.717, 1.165) is 6.61 Å². The zero-order valence-corrected chi connectivity index (χ0v) is 11.9. The van der Waals surface area contributed by atoms with Gasteiger partial charge in [-0.25, -0.2) is 4.57 Å². The van der Waals surface area contributed by atoms with Crippen molar-refractivity contribution in [3.8, 4) is 0 Å². The van der Waals surface area contributed by atoms with E-state index in [4.69, 9.17) is 4.74 Å². The van der Waals surface area contributed by atoms with Crippen molar-refractivity contribution in [3.05, 3.63) is 18.7 Å². The van der Waals surface area contributed by atoms with Crippen LogP contribution < -0.4 is 4.57 Å². The van der Waals surface area contributed by atoms with E-state index in [0.29, 0.717) is 6.73 Å².